The zero-order valence-corrected chi connectivity index (χ0v) is 15.1. The smallest absolute Gasteiger partial charge is 0.271 e. The van der Waals surface area contributed by atoms with Crippen molar-refractivity contribution in [1.82, 2.24) is 5.32 Å². The first-order chi connectivity index (χ1) is 12.8. The van der Waals surface area contributed by atoms with Gasteiger partial charge in [0.25, 0.3) is 11.6 Å². The average Bonchev–Trinajstić information content (AvgIpc) is 2.64. The number of ether oxygens (including phenoxy) is 1. The molecule has 1 N–H and O–H groups in total. The van der Waals surface area contributed by atoms with E-state index >= 15 is 0 Å². The summed E-state index contributed by atoms with van der Waals surface area (Å²) in [5, 5.41) is 14.4. The van der Waals surface area contributed by atoms with Crippen LogP contribution in [-0.2, 0) is 9.59 Å². The maximum absolute atomic E-state index is 12.4. The Morgan fingerprint density at radius 1 is 1.33 bits per heavy atom. The molecule has 0 aliphatic carbocycles. The number of nitro groups is 1. The van der Waals surface area contributed by atoms with E-state index in [-0.39, 0.29) is 30.6 Å². The molecule has 1 unspecified atom stereocenters. The lowest BCUT2D eigenvalue weighted by molar-refractivity contribution is -0.384. The fraction of sp³-hybridized carbons (Fsp3) is 0.222. The summed E-state index contributed by atoms with van der Waals surface area (Å²) in [6.45, 7) is 1.31. The number of nitrogens with one attached hydrogen (secondary N) is 1. The summed E-state index contributed by atoms with van der Waals surface area (Å²) >= 11 is 5.86. The number of nitrogens with zero attached hydrogens (tertiary/aromatic N) is 2. The number of hydrogen-bond donors (Lipinski definition) is 1. The molecule has 0 spiro atoms. The molecule has 1 atom stereocenters. The highest BCUT2D eigenvalue weighted by Crippen LogP contribution is 2.35. The zero-order valence-electron chi connectivity index (χ0n) is 14.3. The summed E-state index contributed by atoms with van der Waals surface area (Å²) in [4.78, 5) is 36.3. The number of anilines is 1. The molecule has 1 aliphatic heterocycles. The summed E-state index contributed by atoms with van der Waals surface area (Å²) in [5.41, 5.74) is 0.874. The molecule has 1 aliphatic rings. The van der Waals surface area contributed by atoms with Crippen molar-refractivity contribution in [2.24, 2.45) is 0 Å². The van der Waals surface area contributed by atoms with Gasteiger partial charge < -0.3 is 10.1 Å². The number of nitro benzene ring substituents is 1. The van der Waals surface area contributed by atoms with Crippen molar-refractivity contribution in [3.05, 3.63) is 63.2 Å². The molecule has 3 rings (SSSR count). The van der Waals surface area contributed by atoms with Gasteiger partial charge in [0.1, 0.15) is 12.3 Å². The van der Waals surface area contributed by atoms with Gasteiger partial charge in [-0.1, -0.05) is 23.7 Å². The van der Waals surface area contributed by atoms with E-state index in [1.54, 1.807) is 31.2 Å². The minimum atomic E-state index is -0.569. The van der Waals surface area contributed by atoms with Crippen molar-refractivity contribution in [3.63, 3.8) is 0 Å². The number of benzene rings is 2. The Kier molecular flexibility index (Phi) is 5.27. The second kappa shape index (κ2) is 7.63. The van der Waals surface area contributed by atoms with Crippen LogP contribution in [0.5, 0.6) is 5.75 Å². The number of non-ortho nitro benzene ring substituents is 1. The highest BCUT2D eigenvalue weighted by atomic mass is 35.5. The van der Waals surface area contributed by atoms with Crippen LogP contribution in [0, 0.1) is 10.1 Å². The van der Waals surface area contributed by atoms with Gasteiger partial charge in [-0.05, 0) is 30.7 Å². The molecule has 2 aromatic rings. The van der Waals surface area contributed by atoms with Gasteiger partial charge in [0.2, 0.25) is 5.91 Å². The minimum Gasteiger partial charge on any atom is -0.482 e. The van der Waals surface area contributed by atoms with Crippen LogP contribution in [0.2, 0.25) is 5.02 Å². The van der Waals surface area contributed by atoms with Crippen LogP contribution < -0.4 is 15.0 Å². The maximum Gasteiger partial charge on any atom is 0.271 e. The molecule has 0 bridgehead atoms. The Morgan fingerprint density at radius 3 is 2.70 bits per heavy atom. The molecule has 140 valence electrons. The van der Waals surface area contributed by atoms with E-state index in [0.29, 0.717) is 10.8 Å². The molecular formula is C18H16ClN3O5. The lowest BCUT2D eigenvalue weighted by atomic mass is 10.1. The highest BCUT2D eigenvalue weighted by Gasteiger charge is 2.29. The standard InChI is InChI=1S/C18H16ClN3O5/c1-11(12-2-4-13(19)5-3-12)20-17(23)9-21-15-8-14(22(25)26)6-7-16(15)27-10-18(21)24/h2-8,11H,9-10H2,1H3,(H,20,23). The number of halogens is 1. The molecule has 8 nitrogen and oxygen atoms in total. The van der Waals surface area contributed by atoms with E-state index in [0.717, 1.165) is 5.56 Å². The molecule has 27 heavy (non-hydrogen) atoms. The van der Waals surface area contributed by atoms with Crippen molar-refractivity contribution >= 4 is 34.8 Å². The summed E-state index contributed by atoms with van der Waals surface area (Å²) in [6, 6.07) is 10.7. The second-order valence-electron chi connectivity index (χ2n) is 6.02. The molecule has 0 saturated carbocycles. The van der Waals surface area contributed by atoms with Gasteiger partial charge >= 0.3 is 0 Å². The van der Waals surface area contributed by atoms with Crippen molar-refractivity contribution in [2.45, 2.75) is 13.0 Å². The van der Waals surface area contributed by atoms with Crippen LogP contribution in [0.1, 0.15) is 18.5 Å². The van der Waals surface area contributed by atoms with E-state index in [4.69, 9.17) is 16.3 Å². The van der Waals surface area contributed by atoms with Gasteiger partial charge in [-0.2, -0.15) is 0 Å². The lowest BCUT2D eigenvalue weighted by Crippen LogP contribution is -2.45. The Bertz CT molecular complexity index is 900. The molecule has 0 radical (unpaired) electrons. The summed E-state index contributed by atoms with van der Waals surface area (Å²) in [7, 11) is 0. The van der Waals surface area contributed by atoms with Gasteiger partial charge in [0, 0.05) is 17.2 Å². The first-order valence-electron chi connectivity index (χ1n) is 8.11. The summed E-state index contributed by atoms with van der Waals surface area (Å²) < 4.78 is 5.29. The quantitative estimate of drug-likeness (QED) is 0.625. The normalized spacial score (nSPS) is 14.1. The Balaban J connectivity index is 1.75. The lowest BCUT2D eigenvalue weighted by Gasteiger charge is -2.29. The van der Waals surface area contributed by atoms with Crippen LogP contribution in [0.3, 0.4) is 0 Å². The molecule has 9 heteroatoms. The third-order valence-electron chi connectivity index (χ3n) is 4.15. The SMILES string of the molecule is CC(NC(=O)CN1C(=O)COc2ccc([N+](=O)[O-])cc21)c1ccc(Cl)cc1. The Morgan fingerprint density at radius 2 is 2.04 bits per heavy atom. The molecule has 2 aromatic carbocycles. The fourth-order valence-electron chi connectivity index (χ4n) is 2.74. The number of carbonyl (C=O) groups excluding carboxylic acids is 2. The van der Waals surface area contributed by atoms with Gasteiger partial charge in [0.05, 0.1) is 16.7 Å². The molecule has 0 saturated heterocycles. The number of rotatable bonds is 5. The van der Waals surface area contributed by atoms with Crippen molar-refractivity contribution < 1.29 is 19.2 Å². The molecular weight excluding hydrogens is 374 g/mol. The zero-order chi connectivity index (χ0) is 19.6. The van der Waals surface area contributed by atoms with Crippen LogP contribution in [-0.4, -0.2) is 29.9 Å². The van der Waals surface area contributed by atoms with Gasteiger partial charge in [-0.15, -0.1) is 0 Å². The molecule has 0 fully saturated rings. The van der Waals surface area contributed by atoms with Gasteiger partial charge in [-0.25, -0.2) is 0 Å². The van der Waals surface area contributed by atoms with Crippen molar-refractivity contribution in [1.29, 1.82) is 0 Å². The third-order valence-corrected chi connectivity index (χ3v) is 4.40. The minimum absolute atomic E-state index is 0.188. The second-order valence-corrected chi connectivity index (χ2v) is 6.45. The number of hydrogen-bond acceptors (Lipinski definition) is 5. The van der Waals surface area contributed by atoms with E-state index in [1.165, 1.54) is 23.1 Å². The first-order valence-corrected chi connectivity index (χ1v) is 8.49. The van der Waals surface area contributed by atoms with E-state index < -0.39 is 16.7 Å². The summed E-state index contributed by atoms with van der Waals surface area (Å²) in [5.74, 6) is -0.527. The van der Waals surface area contributed by atoms with Crippen LogP contribution in [0.15, 0.2) is 42.5 Å². The predicted octanol–water partition coefficient (Wildman–Crippen LogP) is 2.85. The molecule has 1 heterocycles. The molecule has 2 amide bonds. The van der Waals surface area contributed by atoms with Gasteiger partial charge in [0.15, 0.2) is 6.61 Å². The van der Waals surface area contributed by atoms with Crippen LogP contribution >= 0.6 is 11.6 Å². The first kappa shape index (κ1) is 18.7. The van der Waals surface area contributed by atoms with E-state index in [9.17, 15) is 19.7 Å². The number of carbonyl (C=O) groups is 2. The fourth-order valence-corrected chi connectivity index (χ4v) is 2.87. The molecule has 0 aromatic heterocycles. The van der Waals surface area contributed by atoms with Crippen LogP contribution in [0.4, 0.5) is 11.4 Å². The highest BCUT2D eigenvalue weighted by molar-refractivity contribution is 6.30. The van der Waals surface area contributed by atoms with E-state index in [1.807, 2.05) is 0 Å². The monoisotopic (exact) mass is 389 g/mol. The number of fused-ring (bicyclic) bond motifs is 1. The Labute approximate surface area is 159 Å². The summed E-state index contributed by atoms with van der Waals surface area (Å²) in [6.07, 6.45) is 0. The third kappa shape index (κ3) is 4.17. The van der Waals surface area contributed by atoms with Crippen LogP contribution in [0.25, 0.3) is 0 Å². The average molecular weight is 390 g/mol. The topological polar surface area (TPSA) is 102 Å². The maximum atomic E-state index is 12.4. The number of amides is 2. The predicted molar refractivity (Wildman–Crippen MR) is 99.0 cm³/mol. The van der Waals surface area contributed by atoms with Crippen molar-refractivity contribution in [3.8, 4) is 5.75 Å². The van der Waals surface area contributed by atoms with E-state index in [2.05, 4.69) is 5.32 Å². The Hall–Kier alpha value is -3.13. The largest absolute Gasteiger partial charge is 0.482 e. The van der Waals surface area contributed by atoms with Crippen molar-refractivity contribution in [2.75, 3.05) is 18.1 Å². The van der Waals surface area contributed by atoms with Gasteiger partial charge in [-0.3, -0.25) is 24.6 Å².